The number of benzene rings is 3. The largest absolute Gasteiger partial charge is 0.319 e. The van der Waals surface area contributed by atoms with E-state index in [2.05, 4.69) is 5.32 Å². The molecule has 3 aromatic carbocycles. The quantitative estimate of drug-likeness (QED) is 0.734. The van der Waals surface area contributed by atoms with Crippen molar-refractivity contribution in [3.05, 3.63) is 89.1 Å². The molecule has 0 saturated carbocycles. The minimum atomic E-state index is -0.702. The van der Waals surface area contributed by atoms with Crippen LogP contribution < -0.4 is 5.32 Å². The first-order chi connectivity index (χ1) is 12.1. The third-order valence-corrected chi connectivity index (χ3v) is 4.20. The molecule has 0 atom stereocenters. The summed E-state index contributed by atoms with van der Waals surface area (Å²) in [7, 11) is 0. The third kappa shape index (κ3) is 2.64. The average Bonchev–Trinajstić information content (AvgIpc) is 2.65. The van der Waals surface area contributed by atoms with Gasteiger partial charge in [0.2, 0.25) is 11.6 Å². The van der Waals surface area contributed by atoms with Crippen LogP contribution in [0.1, 0.15) is 26.3 Å². The molecule has 1 amide bonds. The lowest BCUT2D eigenvalue weighted by Crippen LogP contribution is -2.33. The number of Topliss-reactive ketones (excluding diaryl/α,β-unsaturated/α-hetero) is 2. The van der Waals surface area contributed by atoms with Gasteiger partial charge >= 0.3 is 0 Å². The van der Waals surface area contributed by atoms with E-state index in [0.29, 0.717) is 16.7 Å². The van der Waals surface area contributed by atoms with E-state index in [4.69, 9.17) is 0 Å². The van der Waals surface area contributed by atoms with E-state index in [1.165, 1.54) is 0 Å². The van der Waals surface area contributed by atoms with Crippen molar-refractivity contribution < 1.29 is 14.4 Å². The lowest BCUT2D eigenvalue weighted by atomic mass is 9.90. The lowest BCUT2D eigenvalue weighted by molar-refractivity contribution is -0.112. The maximum atomic E-state index is 12.4. The van der Waals surface area contributed by atoms with Crippen molar-refractivity contribution >= 4 is 34.3 Å². The predicted molar refractivity (Wildman–Crippen MR) is 95.2 cm³/mol. The fourth-order valence-corrected chi connectivity index (χ4v) is 2.92. The van der Waals surface area contributed by atoms with Crippen LogP contribution in [0.25, 0.3) is 16.8 Å². The molecule has 0 saturated heterocycles. The summed E-state index contributed by atoms with van der Waals surface area (Å²) in [5.74, 6) is -1.73. The molecular formula is C21H13NO3. The Morgan fingerprint density at radius 3 is 2.12 bits per heavy atom. The summed E-state index contributed by atoms with van der Waals surface area (Å²) in [4.78, 5) is 37.1. The van der Waals surface area contributed by atoms with Crippen molar-refractivity contribution in [1.29, 1.82) is 0 Å². The van der Waals surface area contributed by atoms with Crippen LogP contribution >= 0.6 is 0 Å². The Morgan fingerprint density at radius 2 is 1.40 bits per heavy atom. The lowest BCUT2D eigenvalue weighted by Gasteiger charge is -2.16. The number of amides is 1. The molecule has 120 valence electrons. The summed E-state index contributed by atoms with van der Waals surface area (Å²) in [6.45, 7) is 0. The summed E-state index contributed by atoms with van der Waals surface area (Å²) >= 11 is 0. The number of ketones is 2. The minimum Gasteiger partial charge on any atom is -0.319 e. The number of fused-ring (bicyclic) bond motifs is 2. The first-order valence-electron chi connectivity index (χ1n) is 7.83. The predicted octanol–water partition coefficient (Wildman–Crippen LogP) is 3.38. The Kier molecular flexibility index (Phi) is 3.51. The van der Waals surface area contributed by atoms with Crippen LogP contribution in [0.4, 0.5) is 0 Å². The molecule has 4 heteroatoms. The average molecular weight is 327 g/mol. The molecule has 0 unspecified atom stereocenters. The summed E-state index contributed by atoms with van der Waals surface area (Å²) in [6.07, 6.45) is 1.56. The Morgan fingerprint density at radius 1 is 0.760 bits per heavy atom. The second-order valence-corrected chi connectivity index (χ2v) is 5.82. The van der Waals surface area contributed by atoms with Gasteiger partial charge in [-0.05, 0) is 46.7 Å². The van der Waals surface area contributed by atoms with E-state index in [-0.39, 0.29) is 5.70 Å². The molecule has 0 aliphatic heterocycles. The van der Waals surface area contributed by atoms with Gasteiger partial charge in [-0.25, -0.2) is 0 Å². The zero-order valence-corrected chi connectivity index (χ0v) is 13.2. The normalized spacial score (nSPS) is 13.4. The summed E-state index contributed by atoms with van der Waals surface area (Å²) < 4.78 is 0. The van der Waals surface area contributed by atoms with Gasteiger partial charge in [0.1, 0.15) is 0 Å². The fraction of sp³-hybridized carbons (Fsp3) is 0. The van der Waals surface area contributed by atoms with Crippen molar-refractivity contribution in [2.45, 2.75) is 0 Å². The van der Waals surface area contributed by atoms with Gasteiger partial charge in [-0.3, -0.25) is 14.4 Å². The van der Waals surface area contributed by atoms with Crippen LogP contribution in [-0.4, -0.2) is 17.5 Å². The molecule has 1 aliphatic carbocycles. The van der Waals surface area contributed by atoms with E-state index in [0.717, 1.165) is 10.8 Å². The van der Waals surface area contributed by atoms with Crippen molar-refractivity contribution in [2.75, 3.05) is 0 Å². The Bertz CT molecular complexity index is 1060. The van der Waals surface area contributed by atoms with E-state index < -0.39 is 17.5 Å². The third-order valence-electron chi connectivity index (χ3n) is 4.20. The number of carbonyl (C=O) groups excluding carboxylic acids is 3. The Labute approximate surface area is 143 Å². The van der Waals surface area contributed by atoms with Crippen LogP contribution in [0.15, 0.2) is 72.4 Å². The molecule has 25 heavy (non-hydrogen) atoms. The smallest absolute Gasteiger partial charge is 0.255 e. The summed E-state index contributed by atoms with van der Waals surface area (Å²) in [5, 5.41) is 4.42. The van der Waals surface area contributed by atoms with Gasteiger partial charge in [0.05, 0.1) is 5.70 Å². The Hall–Kier alpha value is -3.53. The summed E-state index contributed by atoms with van der Waals surface area (Å²) in [6, 6.07) is 19.7. The molecule has 4 nitrogen and oxygen atoms in total. The highest BCUT2D eigenvalue weighted by Crippen LogP contribution is 2.26. The van der Waals surface area contributed by atoms with Gasteiger partial charge < -0.3 is 5.32 Å². The Balaban J connectivity index is 1.75. The second-order valence-electron chi connectivity index (χ2n) is 5.82. The van der Waals surface area contributed by atoms with Gasteiger partial charge in [0, 0.05) is 11.1 Å². The zero-order chi connectivity index (χ0) is 17.4. The monoisotopic (exact) mass is 327 g/mol. The standard InChI is InChI=1S/C21H13NO3/c23-19-17-11-15-9-5-4-8-14(15)10-16(17)12-18(20(19)24)22-21(25)13-6-2-1-3-7-13/h1-12H,(H,22,25). The topological polar surface area (TPSA) is 63.2 Å². The molecule has 0 aromatic heterocycles. The number of allylic oxidation sites excluding steroid dienone is 1. The fourth-order valence-electron chi connectivity index (χ4n) is 2.92. The van der Waals surface area contributed by atoms with Crippen LogP contribution in [0.3, 0.4) is 0 Å². The minimum absolute atomic E-state index is 0.00151. The van der Waals surface area contributed by atoms with E-state index in [1.807, 2.05) is 30.3 Å². The molecule has 0 heterocycles. The maximum Gasteiger partial charge on any atom is 0.255 e. The highest BCUT2D eigenvalue weighted by molar-refractivity contribution is 6.52. The highest BCUT2D eigenvalue weighted by atomic mass is 16.2. The van der Waals surface area contributed by atoms with Gasteiger partial charge in [-0.2, -0.15) is 0 Å². The molecule has 0 fully saturated rings. The van der Waals surface area contributed by atoms with Crippen molar-refractivity contribution in [2.24, 2.45) is 0 Å². The van der Waals surface area contributed by atoms with E-state index in [9.17, 15) is 14.4 Å². The maximum absolute atomic E-state index is 12.4. The first kappa shape index (κ1) is 15.0. The van der Waals surface area contributed by atoms with Gasteiger partial charge in [0.25, 0.3) is 5.91 Å². The molecule has 1 aliphatic rings. The van der Waals surface area contributed by atoms with Crippen molar-refractivity contribution in [1.82, 2.24) is 5.32 Å². The van der Waals surface area contributed by atoms with Gasteiger partial charge in [0.15, 0.2) is 0 Å². The zero-order valence-electron chi connectivity index (χ0n) is 13.2. The number of rotatable bonds is 2. The number of carbonyl (C=O) groups is 3. The number of nitrogens with one attached hydrogen (secondary N) is 1. The summed E-state index contributed by atoms with van der Waals surface area (Å²) in [5.41, 5.74) is 1.42. The molecule has 4 rings (SSSR count). The van der Waals surface area contributed by atoms with Crippen LogP contribution in [0.2, 0.25) is 0 Å². The molecule has 0 spiro atoms. The molecular weight excluding hydrogens is 314 g/mol. The molecule has 3 aromatic rings. The van der Waals surface area contributed by atoms with Crippen molar-refractivity contribution in [3.63, 3.8) is 0 Å². The molecule has 0 radical (unpaired) electrons. The van der Waals surface area contributed by atoms with E-state index in [1.54, 1.807) is 42.5 Å². The highest BCUT2D eigenvalue weighted by Gasteiger charge is 2.29. The van der Waals surface area contributed by atoms with Gasteiger partial charge in [-0.1, -0.05) is 42.5 Å². The SMILES string of the molecule is O=C1C(=O)c2cc3ccccc3cc2C=C1NC(=O)c1ccccc1. The second kappa shape index (κ2) is 5.83. The molecule has 1 N–H and O–H groups in total. The number of hydrogen-bond donors (Lipinski definition) is 1. The number of hydrogen-bond acceptors (Lipinski definition) is 3. The van der Waals surface area contributed by atoms with Gasteiger partial charge in [-0.15, -0.1) is 0 Å². The molecule has 0 bridgehead atoms. The van der Waals surface area contributed by atoms with Crippen LogP contribution in [0, 0.1) is 0 Å². The van der Waals surface area contributed by atoms with Crippen LogP contribution in [0.5, 0.6) is 0 Å². The first-order valence-corrected chi connectivity index (χ1v) is 7.83. The van der Waals surface area contributed by atoms with Crippen LogP contribution in [-0.2, 0) is 4.79 Å². The van der Waals surface area contributed by atoms with E-state index >= 15 is 0 Å². The van der Waals surface area contributed by atoms with Crippen molar-refractivity contribution in [3.8, 4) is 0 Å².